The molecule has 2 aromatic carbocycles. The van der Waals surface area contributed by atoms with Gasteiger partial charge in [0, 0.05) is 28.8 Å². The molecule has 1 heterocycles. The number of anilines is 1. The first kappa shape index (κ1) is 21.5. The molecule has 3 N–H and O–H groups in total. The van der Waals surface area contributed by atoms with E-state index in [1.165, 1.54) is 6.07 Å². The van der Waals surface area contributed by atoms with Gasteiger partial charge in [-0.05, 0) is 30.7 Å². The largest absolute Gasteiger partial charge is 0.489 e. The third kappa shape index (κ3) is 5.34. The lowest BCUT2D eigenvalue weighted by molar-refractivity contribution is -0.117. The number of halogens is 1. The fourth-order valence-electron chi connectivity index (χ4n) is 2.73. The van der Waals surface area contributed by atoms with Gasteiger partial charge in [0.2, 0.25) is 5.91 Å². The van der Waals surface area contributed by atoms with Crippen LogP contribution in [0.4, 0.5) is 5.69 Å². The van der Waals surface area contributed by atoms with Crippen molar-refractivity contribution in [1.82, 2.24) is 0 Å². The Morgan fingerprint density at radius 3 is 2.71 bits per heavy atom. The van der Waals surface area contributed by atoms with E-state index in [4.69, 9.17) is 14.9 Å². The summed E-state index contributed by atoms with van der Waals surface area (Å²) in [6, 6.07) is 15.3. The van der Waals surface area contributed by atoms with Crippen LogP contribution in [0.15, 0.2) is 63.8 Å². The van der Waals surface area contributed by atoms with E-state index in [0.29, 0.717) is 23.4 Å². The number of hydrogen-bond acceptors (Lipinski definition) is 5. The summed E-state index contributed by atoms with van der Waals surface area (Å²) in [6.45, 7) is 2.24. The van der Waals surface area contributed by atoms with Crippen molar-refractivity contribution >= 4 is 35.0 Å². The smallest absolute Gasteiger partial charge is 0.336 e. The van der Waals surface area contributed by atoms with E-state index >= 15 is 0 Å². The molecule has 1 unspecified atom stereocenters. The van der Waals surface area contributed by atoms with Gasteiger partial charge in [0.1, 0.15) is 17.9 Å². The minimum Gasteiger partial charge on any atom is -0.489 e. The van der Waals surface area contributed by atoms with Gasteiger partial charge in [0.05, 0.1) is 6.04 Å². The molecule has 148 valence electrons. The Morgan fingerprint density at radius 2 is 1.93 bits per heavy atom. The lowest BCUT2D eigenvalue weighted by Crippen LogP contribution is -2.35. The van der Waals surface area contributed by atoms with Crippen LogP contribution in [-0.2, 0) is 11.4 Å². The van der Waals surface area contributed by atoms with Crippen LogP contribution < -0.4 is 21.4 Å². The summed E-state index contributed by atoms with van der Waals surface area (Å²) in [7, 11) is 0. The average molecular weight is 403 g/mol. The van der Waals surface area contributed by atoms with Crippen molar-refractivity contribution < 1.29 is 13.9 Å². The average Bonchev–Trinajstić information content (AvgIpc) is 2.67. The maximum absolute atomic E-state index is 12.2. The first-order valence-corrected chi connectivity index (χ1v) is 8.88. The number of benzene rings is 2. The van der Waals surface area contributed by atoms with Crippen molar-refractivity contribution in [3.8, 4) is 5.75 Å². The number of carbonyl (C=O) groups excluding carboxylic acids is 1. The molecule has 0 aliphatic rings. The number of ether oxygens (including phenoxy) is 1. The Balaban J connectivity index is 0.00000280. The van der Waals surface area contributed by atoms with Gasteiger partial charge in [-0.15, -0.1) is 12.4 Å². The highest BCUT2D eigenvalue weighted by Gasteiger charge is 2.14. The molecule has 3 rings (SSSR count). The molecule has 28 heavy (non-hydrogen) atoms. The van der Waals surface area contributed by atoms with Crippen LogP contribution in [0.3, 0.4) is 0 Å². The maximum atomic E-state index is 12.2. The first-order chi connectivity index (χ1) is 13.1. The molecular weight excluding hydrogens is 380 g/mol. The van der Waals surface area contributed by atoms with Crippen LogP contribution in [0.1, 0.15) is 25.3 Å². The molecule has 6 nitrogen and oxygen atoms in total. The van der Waals surface area contributed by atoms with E-state index in [2.05, 4.69) is 5.32 Å². The van der Waals surface area contributed by atoms with Crippen LogP contribution in [0, 0.1) is 0 Å². The first-order valence-electron chi connectivity index (χ1n) is 8.88. The van der Waals surface area contributed by atoms with Gasteiger partial charge in [0.15, 0.2) is 0 Å². The summed E-state index contributed by atoms with van der Waals surface area (Å²) >= 11 is 0. The highest BCUT2D eigenvalue weighted by molar-refractivity contribution is 5.95. The van der Waals surface area contributed by atoms with Crippen LogP contribution in [-0.4, -0.2) is 11.9 Å². The summed E-state index contributed by atoms with van der Waals surface area (Å²) in [5.74, 6) is 0.359. The number of carbonyl (C=O) groups is 1. The second kappa shape index (κ2) is 9.92. The molecule has 7 heteroatoms. The molecule has 1 aromatic heterocycles. The van der Waals surface area contributed by atoms with E-state index < -0.39 is 11.7 Å². The molecule has 0 aliphatic heterocycles. The number of nitrogens with one attached hydrogen (secondary N) is 1. The minimum atomic E-state index is -0.535. The van der Waals surface area contributed by atoms with Crippen molar-refractivity contribution in [1.29, 1.82) is 0 Å². The number of para-hydroxylation sites is 1. The van der Waals surface area contributed by atoms with Crippen LogP contribution in [0.25, 0.3) is 11.0 Å². The summed E-state index contributed by atoms with van der Waals surface area (Å²) in [4.78, 5) is 23.6. The lowest BCUT2D eigenvalue weighted by atomic mass is 10.1. The van der Waals surface area contributed by atoms with E-state index in [-0.39, 0.29) is 24.9 Å². The molecule has 0 aliphatic carbocycles. The molecule has 0 saturated heterocycles. The van der Waals surface area contributed by atoms with E-state index in [0.717, 1.165) is 17.4 Å². The number of rotatable bonds is 7. The van der Waals surface area contributed by atoms with E-state index in [1.807, 2.05) is 37.3 Å². The zero-order valence-electron chi connectivity index (χ0n) is 15.5. The Morgan fingerprint density at radius 1 is 1.18 bits per heavy atom. The molecule has 3 aromatic rings. The molecule has 0 saturated carbocycles. The molecular formula is C21H23ClN2O4. The monoisotopic (exact) mass is 402 g/mol. The Hall–Kier alpha value is -2.83. The molecule has 1 atom stereocenters. The number of nitrogens with two attached hydrogens (primary N) is 1. The third-order valence-corrected chi connectivity index (χ3v) is 4.20. The fraction of sp³-hybridized carbons (Fsp3) is 0.238. The fourth-order valence-corrected chi connectivity index (χ4v) is 2.73. The van der Waals surface area contributed by atoms with Gasteiger partial charge in [0.25, 0.3) is 0 Å². The van der Waals surface area contributed by atoms with Crippen molar-refractivity contribution in [2.24, 2.45) is 5.73 Å². The Kier molecular flexibility index (Phi) is 7.61. The lowest BCUT2D eigenvalue weighted by Gasteiger charge is -2.15. The number of amides is 1. The van der Waals surface area contributed by atoms with Crippen molar-refractivity contribution in [3.63, 3.8) is 0 Å². The second-order valence-corrected chi connectivity index (χ2v) is 6.28. The summed E-state index contributed by atoms with van der Waals surface area (Å²) in [5.41, 5.74) is 7.43. The molecule has 0 fully saturated rings. The predicted molar refractivity (Wildman–Crippen MR) is 112 cm³/mol. The van der Waals surface area contributed by atoms with Gasteiger partial charge in [-0.1, -0.05) is 31.5 Å². The van der Waals surface area contributed by atoms with Gasteiger partial charge in [-0.25, -0.2) is 4.79 Å². The molecule has 1 amide bonds. The Bertz CT molecular complexity index is 1000. The van der Waals surface area contributed by atoms with Gasteiger partial charge in [-0.3, -0.25) is 4.79 Å². The third-order valence-electron chi connectivity index (χ3n) is 4.20. The van der Waals surface area contributed by atoms with E-state index in [9.17, 15) is 9.59 Å². The molecule has 0 radical (unpaired) electrons. The number of fused-ring (bicyclic) bond motifs is 1. The number of hydrogen-bond donors (Lipinski definition) is 2. The SMILES string of the molecule is CCCC(N)C(=O)Nc1ccccc1COc1ccc2ccc(=O)oc2c1.Cl. The predicted octanol–water partition coefficient (Wildman–Crippen LogP) is 3.86. The van der Waals surface area contributed by atoms with Gasteiger partial charge < -0.3 is 20.2 Å². The highest BCUT2D eigenvalue weighted by atomic mass is 35.5. The van der Waals surface area contributed by atoms with Crippen molar-refractivity contribution in [2.45, 2.75) is 32.4 Å². The summed E-state index contributed by atoms with van der Waals surface area (Å²) < 4.78 is 11.0. The van der Waals surface area contributed by atoms with Gasteiger partial charge >= 0.3 is 5.63 Å². The van der Waals surface area contributed by atoms with Crippen molar-refractivity contribution in [2.75, 3.05) is 5.32 Å². The highest BCUT2D eigenvalue weighted by Crippen LogP contribution is 2.22. The van der Waals surface area contributed by atoms with Crippen LogP contribution >= 0.6 is 12.4 Å². The van der Waals surface area contributed by atoms with Crippen molar-refractivity contribution in [3.05, 3.63) is 70.6 Å². The summed E-state index contributed by atoms with van der Waals surface area (Å²) in [5, 5.41) is 3.68. The quantitative estimate of drug-likeness (QED) is 0.585. The molecule has 0 bridgehead atoms. The second-order valence-electron chi connectivity index (χ2n) is 6.28. The zero-order chi connectivity index (χ0) is 19.2. The van der Waals surface area contributed by atoms with Crippen LogP contribution in [0.5, 0.6) is 5.75 Å². The zero-order valence-corrected chi connectivity index (χ0v) is 16.3. The topological polar surface area (TPSA) is 94.6 Å². The van der Waals surface area contributed by atoms with E-state index in [1.54, 1.807) is 18.2 Å². The normalized spacial score (nSPS) is 11.5. The maximum Gasteiger partial charge on any atom is 0.336 e. The van der Waals surface area contributed by atoms with Crippen LogP contribution in [0.2, 0.25) is 0 Å². The van der Waals surface area contributed by atoms with Gasteiger partial charge in [-0.2, -0.15) is 0 Å². The Labute approximate surface area is 169 Å². The minimum absolute atomic E-state index is 0. The standard InChI is InChI=1S/C21H22N2O4.ClH/c1-2-5-17(22)21(25)23-18-7-4-3-6-15(18)13-26-16-10-8-14-9-11-20(24)27-19(14)12-16;/h3-4,6-12,17H,2,5,13,22H2,1H3,(H,23,25);1H. The molecule has 0 spiro atoms. The summed E-state index contributed by atoms with van der Waals surface area (Å²) in [6.07, 6.45) is 1.48.